The first-order chi connectivity index (χ1) is 13.1. The molecule has 0 saturated heterocycles. The highest BCUT2D eigenvalue weighted by molar-refractivity contribution is 5.58. The zero-order chi connectivity index (χ0) is 19.1. The summed E-state index contributed by atoms with van der Waals surface area (Å²) >= 11 is 0. The SMILES string of the molecule is CCN(Cc1ccccc1)c1nccc(Nc2ccc(OC(C)C)cc2)n1. The minimum atomic E-state index is 0.165. The average molecular weight is 362 g/mol. The van der Waals surface area contributed by atoms with Gasteiger partial charge < -0.3 is 15.0 Å². The highest BCUT2D eigenvalue weighted by Crippen LogP contribution is 2.21. The van der Waals surface area contributed by atoms with Crippen LogP contribution in [0, 0.1) is 0 Å². The van der Waals surface area contributed by atoms with Crippen molar-refractivity contribution in [2.24, 2.45) is 0 Å². The summed E-state index contributed by atoms with van der Waals surface area (Å²) in [5.41, 5.74) is 2.20. The summed E-state index contributed by atoms with van der Waals surface area (Å²) < 4.78 is 5.68. The lowest BCUT2D eigenvalue weighted by Gasteiger charge is -2.21. The van der Waals surface area contributed by atoms with E-state index in [2.05, 4.69) is 51.4 Å². The molecule has 1 aromatic heterocycles. The number of nitrogens with one attached hydrogen (secondary N) is 1. The summed E-state index contributed by atoms with van der Waals surface area (Å²) in [5, 5.41) is 3.33. The summed E-state index contributed by atoms with van der Waals surface area (Å²) in [5.74, 6) is 2.34. The van der Waals surface area contributed by atoms with Gasteiger partial charge in [-0.2, -0.15) is 4.98 Å². The molecule has 0 spiro atoms. The average Bonchev–Trinajstić information content (AvgIpc) is 2.68. The zero-order valence-electron chi connectivity index (χ0n) is 16.1. The van der Waals surface area contributed by atoms with Crippen LogP contribution in [-0.4, -0.2) is 22.6 Å². The van der Waals surface area contributed by atoms with E-state index in [4.69, 9.17) is 4.74 Å². The number of aromatic nitrogens is 2. The molecule has 27 heavy (non-hydrogen) atoms. The summed E-state index contributed by atoms with van der Waals surface area (Å²) in [6.45, 7) is 7.76. The fourth-order valence-electron chi connectivity index (χ4n) is 2.74. The molecule has 0 amide bonds. The fraction of sp³-hybridized carbons (Fsp3) is 0.273. The van der Waals surface area contributed by atoms with Crippen molar-refractivity contribution in [2.45, 2.75) is 33.4 Å². The van der Waals surface area contributed by atoms with E-state index in [9.17, 15) is 0 Å². The van der Waals surface area contributed by atoms with Crippen molar-refractivity contribution in [1.82, 2.24) is 9.97 Å². The molecule has 3 aromatic rings. The Labute approximate surface area is 161 Å². The van der Waals surface area contributed by atoms with Gasteiger partial charge in [0.15, 0.2) is 0 Å². The van der Waals surface area contributed by atoms with E-state index in [1.807, 2.05) is 50.2 Å². The Hall–Kier alpha value is -3.08. The molecule has 0 saturated carbocycles. The van der Waals surface area contributed by atoms with E-state index in [1.54, 1.807) is 6.20 Å². The monoisotopic (exact) mass is 362 g/mol. The third kappa shape index (κ3) is 5.45. The number of hydrogen-bond acceptors (Lipinski definition) is 5. The molecule has 0 aliphatic carbocycles. The highest BCUT2D eigenvalue weighted by atomic mass is 16.5. The van der Waals surface area contributed by atoms with Gasteiger partial charge >= 0.3 is 0 Å². The van der Waals surface area contributed by atoms with Gasteiger partial charge in [0.1, 0.15) is 11.6 Å². The number of benzene rings is 2. The van der Waals surface area contributed by atoms with Gasteiger partial charge in [-0.15, -0.1) is 0 Å². The standard InChI is InChI=1S/C22H26N4O/c1-4-26(16-18-8-6-5-7-9-18)22-23-15-14-21(25-22)24-19-10-12-20(13-11-19)27-17(2)3/h5-15,17H,4,16H2,1-3H3,(H,23,24,25). The second-order valence-corrected chi connectivity index (χ2v) is 6.56. The fourth-order valence-corrected chi connectivity index (χ4v) is 2.74. The van der Waals surface area contributed by atoms with Crippen LogP contribution in [0.15, 0.2) is 66.9 Å². The van der Waals surface area contributed by atoms with Crippen LogP contribution >= 0.6 is 0 Å². The van der Waals surface area contributed by atoms with Crippen LogP contribution in [-0.2, 0) is 6.54 Å². The Kier molecular flexibility index (Phi) is 6.26. The van der Waals surface area contributed by atoms with Crippen LogP contribution in [0.4, 0.5) is 17.5 Å². The van der Waals surface area contributed by atoms with Crippen LogP contribution in [0.2, 0.25) is 0 Å². The highest BCUT2D eigenvalue weighted by Gasteiger charge is 2.09. The molecule has 2 aromatic carbocycles. The van der Waals surface area contributed by atoms with E-state index >= 15 is 0 Å². The number of anilines is 3. The lowest BCUT2D eigenvalue weighted by Crippen LogP contribution is -2.24. The van der Waals surface area contributed by atoms with Crippen LogP contribution in [0.3, 0.4) is 0 Å². The van der Waals surface area contributed by atoms with E-state index in [0.717, 1.165) is 30.3 Å². The normalized spacial score (nSPS) is 10.7. The van der Waals surface area contributed by atoms with E-state index in [1.165, 1.54) is 5.56 Å². The molecule has 0 atom stereocenters. The minimum Gasteiger partial charge on any atom is -0.491 e. The second-order valence-electron chi connectivity index (χ2n) is 6.56. The van der Waals surface area contributed by atoms with Crippen molar-refractivity contribution in [3.05, 3.63) is 72.4 Å². The Morgan fingerprint density at radius 3 is 2.41 bits per heavy atom. The molecule has 0 unspecified atom stereocenters. The number of rotatable bonds is 8. The molecule has 5 nitrogen and oxygen atoms in total. The van der Waals surface area contributed by atoms with Gasteiger partial charge in [-0.05, 0) is 56.7 Å². The van der Waals surface area contributed by atoms with E-state index < -0.39 is 0 Å². The first-order valence-corrected chi connectivity index (χ1v) is 9.29. The van der Waals surface area contributed by atoms with Gasteiger partial charge in [0.2, 0.25) is 5.95 Å². The first kappa shape index (κ1) is 18.7. The van der Waals surface area contributed by atoms with E-state index in [-0.39, 0.29) is 6.10 Å². The van der Waals surface area contributed by atoms with Crippen molar-refractivity contribution in [3.63, 3.8) is 0 Å². The van der Waals surface area contributed by atoms with Crippen molar-refractivity contribution in [2.75, 3.05) is 16.8 Å². The third-order valence-corrected chi connectivity index (χ3v) is 4.02. The number of hydrogen-bond donors (Lipinski definition) is 1. The molecule has 0 aliphatic heterocycles. The number of nitrogens with zero attached hydrogens (tertiary/aromatic N) is 3. The summed E-state index contributed by atoms with van der Waals surface area (Å²) in [4.78, 5) is 11.3. The molecule has 3 rings (SSSR count). The Balaban J connectivity index is 1.70. The Morgan fingerprint density at radius 2 is 1.74 bits per heavy atom. The van der Waals surface area contributed by atoms with Crippen LogP contribution in [0.1, 0.15) is 26.3 Å². The van der Waals surface area contributed by atoms with Crippen LogP contribution in [0.25, 0.3) is 0 Å². The first-order valence-electron chi connectivity index (χ1n) is 9.29. The molecule has 0 bridgehead atoms. The van der Waals surface area contributed by atoms with Crippen molar-refractivity contribution in [3.8, 4) is 5.75 Å². The molecule has 0 radical (unpaired) electrons. The molecule has 0 fully saturated rings. The largest absolute Gasteiger partial charge is 0.491 e. The predicted molar refractivity (Wildman–Crippen MR) is 111 cm³/mol. The molecule has 5 heteroatoms. The van der Waals surface area contributed by atoms with Crippen molar-refractivity contribution in [1.29, 1.82) is 0 Å². The summed E-state index contributed by atoms with van der Waals surface area (Å²) in [6, 6.07) is 20.1. The maximum atomic E-state index is 5.68. The van der Waals surface area contributed by atoms with Gasteiger partial charge in [0.25, 0.3) is 0 Å². The molecule has 1 N–H and O–H groups in total. The van der Waals surface area contributed by atoms with Gasteiger partial charge in [-0.25, -0.2) is 4.98 Å². The molecular weight excluding hydrogens is 336 g/mol. The van der Waals surface area contributed by atoms with E-state index in [0.29, 0.717) is 5.95 Å². The lowest BCUT2D eigenvalue weighted by molar-refractivity contribution is 0.242. The third-order valence-electron chi connectivity index (χ3n) is 4.02. The second kappa shape index (κ2) is 9.03. The van der Waals surface area contributed by atoms with Crippen molar-refractivity contribution >= 4 is 17.5 Å². The Morgan fingerprint density at radius 1 is 1.00 bits per heavy atom. The van der Waals surface area contributed by atoms with Gasteiger partial charge in [0, 0.05) is 25.0 Å². The number of ether oxygens (including phenoxy) is 1. The van der Waals surface area contributed by atoms with Crippen LogP contribution < -0.4 is 15.0 Å². The Bertz CT molecular complexity index is 834. The molecule has 140 valence electrons. The molecular formula is C22H26N4O. The maximum absolute atomic E-state index is 5.68. The van der Waals surface area contributed by atoms with Crippen molar-refractivity contribution < 1.29 is 4.74 Å². The topological polar surface area (TPSA) is 50.3 Å². The van der Waals surface area contributed by atoms with Crippen LogP contribution in [0.5, 0.6) is 5.75 Å². The quantitative estimate of drug-likeness (QED) is 0.609. The lowest BCUT2D eigenvalue weighted by atomic mass is 10.2. The summed E-state index contributed by atoms with van der Waals surface area (Å²) in [6.07, 6.45) is 1.95. The zero-order valence-corrected chi connectivity index (χ0v) is 16.1. The minimum absolute atomic E-state index is 0.165. The molecule has 0 aliphatic rings. The summed E-state index contributed by atoms with van der Waals surface area (Å²) in [7, 11) is 0. The smallest absolute Gasteiger partial charge is 0.227 e. The molecule has 1 heterocycles. The van der Waals surface area contributed by atoms with Gasteiger partial charge in [0.05, 0.1) is 6.10 Å². The van der Waals surface area contributed by atoms with Gasteiger partial charge in [-0.1, -0.05) is 30.3 Å². The maximum Gasteiger partial charge on any atom is 0.227 e. The van der Waals surface area contributed by atoms with Gasteiger partial charge in [-0.3, -0.25) is 0 Å². The predicted octanol–water partition coefficient (Wildman–Crippen LogP) is 5.03.